The summed E-state index contributed by atoms with van der Waals surface area (Å²) in [6, 6.07) is 8.82. The van der Waals surface area contributed by atoms with Crippen molar-refractivity contribution in [1.82, 2.24) is 19.9 Å². The molecule has 180 valence electrons. The predicted octanol–water partition coefficient (Wildman–Crippen LogP) is 5.22. The number of hydrogen-bond donors (Lipinski definition) is 1. The molecule has 4 aromatic rings. The topological polar surface area (TPSA) is 84.2 Å². The van der Waals surface area contributed by atoms with E-state index in [1.165, 1.54) is 24.3 Å². The monoisotopic (exact) mass is 477 g/mol. The number of carbonyl (C=O) groups excluding carboxylic acids is 1. The first kappa shape index (κ1) is 22.9. The van der Waals surface area contributed by atoms with E-state index < -0.39 is 11.6 Å². The number of rotatable bonds is 5. The van der Waals surface area contributed by atoms with E-state index in [2.05, 4.69) is 27.2 Å². The molecule has 1 saturated heterocycles. The van der Waals surface area contributed by atoms with Crippen molar-refractivity contribution in [3.63, 3.8) is 0 Å². The van der Waals surface area contributed by atoms with Gasteiger partial charge in [0.05, 0.1) is 11.6 Å². The molecule has 7 nitrogen and oxygen atoms in total. The number of aromatic nitrogens is 3. The lowest BCUT2D eigenvalue weighted by Crippen LogP contribution is -2.51. The lowest BCUT2D eigenvalue weighted by molar-refractivity contribution is 0.0539. The molecule has 35 heavy (non-hydrogen) atoms. The van der Waals surface area contributed by atoms with Crippen LogP contribution in [0.4, 0.5) is 14.8 Å². The average Bonchev–Trinajstić information content (AvgIpc) is 3.26. The molecule has 2 aromatic heterocycles. The summed E-state index contributed by atoms with van der Waals surface area (Å²) in [6.45, 7) is 4.66. The van der Waals surface area contributed by atoms with Crippen LogP contribution in [0.1, 0.15) is 35.7 Å². The summed E-state index contributed by atoms with van der Waals surface area (Å²) in [5.74, 6) is -0.555. The van der Waals surface area contributed by atoms with Crippen LogP contribution in [-0.2, 0) is 0 Å². The van der Waals surface area contributed by atoms with Gasteiger partial charge in [0.2, 0.25) is 0 Å². The molecule has 1 aliphatic heterocycles. The summed E-state index contributed by atoms with van der Waals surface area (Å²) in [7, 11) is 0. The molecular weight excluding hydrogens is 452 g/mol. The van der Waals surface area contributed by atoms with Crippen molar-refractivity contribution >= 4 is 23.0 Å². The normalized spacial score (nSPS) is 18.1. The lowest BCUT2D eigenvalue weighted by Gasteiger charge is -2.40. The van der Waals surface area contributed by atoms with Crippen molar-refractivity contribution in [2.24, 2.45) is 5.92 Å². The Morgan fingerprint density at radius 1 is 1.20 bits per heavy atom. The summed E-state index contributed by atoms with van der Waals surface area (Å²) < 4.78 is 33.8. The summed E-state index contributed by atoms with van der Waals surface area (Å²) in [6.07, 6.45) is 4.98. The van der Waals surface area contributed by atoms with Crippen molar-refractivity contribution in [1.29, 1.82) is 0 Å². The third-order valence-electron chi connectivity index (χ3n) is 6.52. The van der Waals surface area contributed by atoms with Gasteiger partial charge in [0.25, 0.3) is 11.9 Å². The molecule has 9 heteroatoms. The van der Waals surface area contributed by atoms with Crippen LogP contribution < -0.4 is 5.32 Å². The predicted molar refractivity (Wildman–Crippen MR) is 128 cm³/mol. The van der Waals surface area contributed by atoms with E-state index in [1.807, 2.05) is 0 Å². The highest BCUT2D eigenvalue weighted by molar-refractivity contribution is 6.00. The molecule has 1 N–H and O–H groups in total. The Hall–Kier alpha value is -3.88. The molecule has 2 aromatic carbocycles. The highest BCUT2D eigenvalue weighted by Gasteiger charge is 2.34. The zero-order chi connectivity index (χ0) is 24.5. The van der Waals surface area contributed by atoms with E-state index in [0.29, 0.717) is 41.1 Å². The zero-order valence-electron chi connectivity index (χ0n) is 19.5. The number of halogens is 2. The van der Waals surface area contributed by atoms with Crippen molar-refractivity contribution < 1.29 is 18.0 Å². The van der Waals surface area contributed by atoms with Crippen molar-refractivity contribution in [2.45, 2.75) is 32.7 Å². The Bertz CT molecular complexity index is 1380. The fourth-order valence-corrected chi connectivity index (χ4v) is 4.62. The van der Waals surface area contributed by atoms with Gasteiger partial charge in [0.1, 0.15) is 17.2 Å². The lowest BCUT2D eigenvalue weighted by atomic mass is 9.89. The van der Waals surface area contributed by atoms with E-state index in [1.54, 1.807) is 36.4 Å². The molecule has 1 fully saturated rings. The second kappa shape index (κ2) is 9.40. The number of oxazole rings is 1. The number of amides is 1. The zero-order valence-corrected chi connectivity index (χ0v) is 19.5. The average molecular weight is 478 g/mol. The highest BCUT2D eigenvalue weighted by atomic mass is 19.1. The maximum Gasteiger partial charge on any atom is 0.295 e. The smallest absolute Gasteiger partial charge is 0.295 e. The molecular formula is C26H25F2N5O2. The standard InChI is InChI=1S/C26H25F2N5O2/c1-15-5-3-10-33(22(15)14-31-26-32-21-12-17(27)6-7-23(21)35-26)25(34)19-13-20(28)16(2)11-18(19)24-29-8-4-9-30-24/h4,6-9,11-13,15,22H,3,5,10,14H2,1-2H3,(H,31,32). The minimum absolute atomic E-state index is 0.183. The molecule has 0 spiro atoms. The van der Waals surface area contributed by atoms with Crippen LogP contribution >= 0.6 is 0 Å². The molecule has 3 heterocycles. The van der Waals surface area contributed by atoms with Gasteiger partial charge in [0.15, 0.2) is 11.4 Å². The first-order valence-corrected chi connectivity index (χ1v) is 11.6. The maximum absolute atomic E-state index is 14.6. The molecule has 0 radical (unpaired) electrons. The SMILES string of the molecule is Cc1cc(-c2ncccn2)c(C(=O)N2CCCC(C)C2CNc2nc3cc(F)ccc3o2)cc1F. The van der Waals surface area contributed by atoms with Crippen LogP contribution in [0.5, 0.6) is 0 Å². The van der Waals surface area contributed by atoms with E-state index in [0.717, 1.165) is 12.8 Å². The molecule has 2 unspecified atom stereocenters. The first-order chi connectivity index (χ1) is 16.9. The first-order valence-electron chi connectivity index (χ1n) is 11.6. The minimum atomic E-state index is -0.452. The van der Waals surface area contributed by atoms with E-state index >= 15 is 0 Å². The van der Waals surface area contributed by atoms with Gasteiger partial charge < -0.3 is 14.6 Å². The Kier molecular flexibility index (Phi) is 6.15. The number of hydrogen-bond acceptors (Lipinski definition) is 6. The van der Waals surface area contributed by atoms with Crippen molar-refractivity contribution in [3.8, 4) is 11.4 Å². The Morgan fingerprint density at radius 2 is 2.00 bits per heavy atom. The van der Waals surface area contributed by atoms with E-state index in [9.17, 15) is 13.6 Å². The molecule has 0 saturated carbocycles. The summed E-state index contributed by atoms with van der Waals surface area (Å²) in [4.78, 5) is 28.4. The van der Waals surface area contributed by atoms with E-state index in [4.69, 9.17) is 4.42 Å². The van der Waals surface area contributed by atoms with Crippen LogP contribution in [0, 0.1) is 24.5 Å². The molecule has 5 rings (SSSR count). The Labute approximate surface area is 201 Å². The van der Waals surface area contributed by atoms with Gasteiger partial charge in [-0.05, 0) is 61.6 Å². The minimum Gasteiger partial charge on any atom is -0.424 e. The maximum atomic E-state index is 14.6. The second-order valence-corrected chi connectivity index (χ2v) is 8.92. The second-order valence-electron chi connectivity index (χ2n) is 8.92. The summed E-state index contributed by atoms with van der Waals surface area (Å²) in [5, 5.41) is 3.16. The quantitative estimate of drug-likeness (QED) is 0.424. The largest absolute Gasteiger partial charge is 0.424 e. The Morgan fingerprint density at radius 3 is 2.80 bits per heavy atom. The number of piperidine rings is 1. The van der Waals surface area contributed by atoms with Crippen LogP contribution in [0.2, 0.25) is 0 Å². The van der Waals surface area contributed by atoms with Gasteiger partial charge in [-0.2, -0.15) is 4.98 Å². The van der Waals surface area contributed by atoms with Gasteiger partial charge in [-0.25, -0.2) is 18.7 Å². The molecule has 0 aliphatic carbocycles. The molecule has 1 amide bonds. The molecule has 2 atom stereocenters. The fourth-order valence-electron chi connectivity index (χ4n) is 4.62. The number of benzene rings is 2. The van der Waals surface area contributed by atoms with Crippen LogP contribution in [0.15, 0.2) is 53.2 Å². The van der Waals surface area contributed by atoms with Gasteiger partial charge in [-0.1, -0.05) is 6.92 Å². The number of likely N-dealkylation sites (tertiary alicyclic amines) is 1. The van der Waals surface area contributed by atoms with Gasteiger partial charge in [-0.15, -0.1) is 0 Å². The molecule has 0 bridgehead atoms. The Balaban J connectivity index is 1.43. The van der Waals surface area contributed by atoms with Gasteiger partial charge in [-0.3, -0.25) is 4.79 Å². The number of carbonyl (C=O) groups is 1. The van der Waals surface area contributed by atoms with Crippen molar-refractivity contribution in [3.05, 3.63) is 71.6 Å². The summed E-state index contributed by atoms with van der Waals surface area (Å²) >= 11 is 0. The number of aryl methyl sites for hydroxylation is 1. The number of fused-ring (bicyclic) bond motifs is 1. The van der Waals surface area contributed by atoms with Gasteiger partial charge >= 0.3 is 0 Å². The number of nitrogens with one attached hydrogen (secondary N) is 1. The van der Waals surface area contributed by atoms with Gasteiger partial charge in [0, 0.05) is 37.1 Å². The third-order valence-corrected chi connectivity index (χ3v) is 6.52. The van der Waals surface area contributed by atoms with E-state index in [-0.39, 0.29) is 29.4 Å². The number of anilines is 1. The highest BCUT2D eigenvalue weighted by Crippen LogP contribution is 2.30. The third kappa shape index (κ3) is 4.58. The molecule has 1 aliphatic rings. The van der Waals surface area contributed by atoms with Crippen LogP contribution in [0.3, 0.4) is 0 Å². The van der Waals surface area contributed by atoms with Crippen LogP contribution in [0.25, 0.3) is 22.5 Å². The van der Waals surface area contributed by atoms with Crippen LogP contribution in [-0.4, -0.2) is 44.9 Å². The number of nitrogens with zero attached hydrogens (tertiary/aromatic N) is 4. The fraction of sp³-hybridized carbons (Fsp3) is 0.308. The summed E-state index contributed by atoms with van der Waals surface area (Å²) in [5.41, 5.74) is 2.04. The van der Waals surface area contributed by atoms with Crippen molar-refractivity contribution in [2.75, 3.05) is 18.4 Å².